The van der Waals surface area contributed by atoms with E-state index in [1.807, 2.05) is 0 Å². The molecule has 23 heavy (non-hydrogen) atoms. The number of aromatic nitrogens is 2. The summed E-state index contributed by atoms with van der Waals surface area (Å²) in [5.41, 5.74) is 4.58. The number of anilines is 3. The van der Waals surface area contributed by atoms with Gasteiger partial charge in [0, 0.05) is 12.2 Å². The lowest BCUT2D eigenvalue weighted by atomic mass is 10.1. The van der Waals surface area contributed by atoms with Gasteiger partial charge in [0.05, 0.1) is 10.2 Å². The number of hydrogen-bond donors (Lipinski definition) is 2. The highest BCUT2D eigenvalue weighted by atomic mass is 32.1. The second kappa shape index (κ2) is 5.81. The van der Waals surface area contributed by atoms with Crippen molar-refractivity contribution in [2.24, 2.45) is 5.92 Å². The Hall–Kier alpha value is -2.14. The molecule has 2 heterocycles. The Balaban J connectivity index is 1.67. The zero-order valence-electron chi connectivity index (χ0n) is 13.4. The minimum Gasteiger partial charge on any atom is -0.354 e. The van der Waals surface area contributed by atoms with Crippen molar-refractivity contribution in [1.82, 2.24) is 9.97 Å². The van der Waals surface area contributed by atoms with Crippen LogP contribution in [0.25, 0.3) is 10.2 Å². The first-order chi connectivity index (χ1) is 11.2. The zero-order chi connectivity index (χ0) is 15.8. The first-order valence-electron chi connectivity index (χ1n) is 8.02. The van der Waals surface area contributed by atoms with Crippen molar-refractivity contribution >= 4 is 39.0 Å². The van der Waals surface area contributed by atoms with E-state index in [-0.39, 0.29) is 0 Å². The van der Waals surface area contributed by atoms with E-state index in [0.29, 0.717) is 0 Å². The molecule has 118 valence electrons. The fourth-order valence-corrected chi connectivity index (χ4v) is 3.44. The maximum absolute atomic E-state index is 4.71. The first kappa shape index (κ1) is 14.5. The standard InChI is InChI=1S/C18H20N4S/c1-11-3-6-14(12(2)9-11)20-17-16-15(7-8-23-16)21-18(22-17)19-10-13-4-5-13/h3,6-9,13H,4-5,10H2,1-2H3,(H2,19,20,21,22). The summed E-state index contributed by atoms with van der Waals surface area (Å²) in [6, 6.07) is 8.47. The monoisotopic (exact) mass is 324 g/mol. The van der Waals surface area contributed by atoms with Gasteiger partial charge in [-0.3, -0.25) is 0 Å². The molecule has 0 spiro atoms. The van der Waals surface area contributed by atoms with Crippen molar-refractivity contribution in [3.63, 3.8) is 0 Å². The Labute approximate surface area is 140 Å². The molecule has 1 fully saturated rings. The van der Waals surface area contributed by atoms with Crippen LogP contribution in [0, 0.1) is 19.8 Å². The van der Waals surface area contributed by atoms with E-state index in [1.165, 1.54) is 24.0 Å². The Morgan fingerprint density at radius 1 is 1.17 bits per heavy atom. The highest BCUT2D eigenvalue weighted by molar-refractivity contribution is 7.17. The van der Waals surface area contributed by atoms with Crippen molar-refractivity contribution in [1.29, 1.82) is 0 Å². The second-order valence-electron chi connectivity index (χ2n) is 6.30. The van der Waals surface area contributed by atoms with Crippen LogP contribution in [-0.4, -0.2) is 16.5 Å². The molecule has 0 amide bonds. The van der Waals surface area contributed by atoms with Gasteiger partial charge in [0.15, 0.2) is 5.82 Å². The molecule has 5 heteroatoms. The molecule has 2 N–H and O–H groups in total. The number of hydrogen-bond acceptors (Lipinski definition) is 5. The normalized spacial score (nSPS) is 14.2. The van der Waals surface area contributed by atoms with Crippen LogP contribution >= 0.6 is 11.3 Å². The van der Waals surface area contributed by atoms with Gasteiger partial charge in [-0.2, -0.15) is 4.98 Å². The molecular formula is C18H20N4S. The Kier molecular flexibility index (Phi) is 3.65. The molecule has 1 saturated carbocycles. The molecule has 1 aromatic carbocycles. The van der Waals surface area contributed by atoms with Gasteiger partial charge in [-0.15, -0.1) is 11.3 Å². The third-order valence-corrected chi connectivity index (χ3v) is 5.09. The van der Waals surface area contributed by atoms with Gasteiger partial charge in [0.2, 0.25) is 5.95 Å². The van der Waals surface area contributed by atoms with Crippen molar-refractivity contribution in [3.8, 4) is 0 Å². The summed E-state index contributed by atoms with van der Waals surface area (Å²) < 4.78 is 1.10. The average molecular weight is 324 g/mol. The third kappa shape index (κ3) is 3.15. The van der Waals surface area contributed by atoms with Gasteiger partial charge in [0.1, 0.15) is 0 Å². The summed E-state index contributed by atoms with van der Waals surface area (Å²) in [6.07, 6.45) is 2.64. The molecule has 1 aliphatic carbocycles. The molecule has 1 aliphatic rings. The minimum atomic E-state index is 0.718. The summed E-state index contributed by atoms with van der Waals surface area (Å²) in [6.45, 7) is 5.20. The third-order valence-electron chi connectivity index (χ3n) is 4.18. The van der Waals surface area contributed by atoms with E-state index < -0.39 is 0 Å². The van der Waals surface area contributed by atoms with E-state index >= 15 is 0 Å². The van der Waals surface area contributed by atoms with Crippen LogP contribution in [0.4, 0.5) is 17.5 Å². The second-order valence-corrected chi connectivity index (χ2v) is 7.21. The number of nitrogens with one attached hydrogen (secondary N) is 2. The number of thiophene rings is 1. The molecule has 4 rings (SSSR count). The quantitative estimate of drug-likeness (QED) is 0.703. The van der Waals surface area contributed by atoms with Gasteiger partial charge in [0.25, 0.3) is 0 Å². The molecule has 3 aromatic rings. The van der Waals surface area contributed by atoms with Crippen LogP contribution in [0.5, 0.6) is 0 Å². The van der Waals surface area contributed by atoms with Gasteiger partial charge in [-0.1, -0.05) is 17.7 Å². The lowest BCUT2D eigenvalue weighted by Crippen LogP contribution is -2.08. The number of fused-ring (bicyclic) bond motifs is 1. The Morgan fingerprint density at radius 3 is 2.83 bits per heavy atom. The van der Waals surface area contributed by atoms with Gasteiger partial charge >= 0.3 is 0 Å². The van der Waals surface area contributed by atoms with E-state index in [9.17, 15) is 0 Å². The fourth-order valence-electron chi connectivity index (χ4n) is 2.67. The molecule has 0 bridgehead atoms. The minimum absolute atomic E-state index is 0.718. The summed E-state index contributed by atoms with van der Waals surface area (Å²) in [5, 5.41) is 8.94. The van der Waals surface area contributed by atoms with E-state index in [0.717, 1.165) is 40.1 Å². The van der Waals surface area contributed by atoms with Crippen LogP contribution in [0.15, 0.2) is 29.6 Å². The van der Waals surface area contributed by atoms with Gasteiger partial charge < -0.3 is 10.6 Å². The maximum atomic E-state index is 4.71. The fraction of sp³-hybridized carbons (Fsp3) is 0.333. The molecule has 0 radical (unpaired) electrons. The van der Waals surface area contributed by atoms with Crippen LogP contribution in [0.1, 0.15) is 24.0 Å². The first-order valence-corrected chi connectivity index (χ1v) is 8.90. The molecule has 0 atom stereocenters. The number of rotatable bonds is 5. The van der Waals surface area contributed by atoms with Gasteiger partial charge in [-0.25, -0.2) is 4.98 Å². The van der Waals surface area contributed by atoms with Crippen LogP contribution in [-0.2, 0) is 0 Å². The molecule has 4 nitrogen and oxygen atoms in total. The van der Waals surface area contributed by atoms with E-state index in [2.05, 4.69) is 59.1 Å². The topological polar surface area (TPSA) is 49.8 Å². The molecular weight excluding hydrogens is 304 g/mol. The molecule has 0 unspecified atom stereocenters. The highest BCUT2D eigenvalue weighted by Crippen LogP contribution is 2.32. The van der Waals surface area contributed by atoms with E-state index in [1.54, 1.807) is 11.3 Å². The van der Waals surface area contributed by atoms with Crippen LogP contribution < -0.4 is 10.6 Å². The molecule has 2 aromatic heterocycles. The van der Waals surface area contributed by atoms with Crippen molar-refractivity contribution < 1.29 is 0 Å². The lowest BCUT2D eigenvalue weighted by Gasteiger charge is -2.12. The number of benzene rings is 1. The summed E-state index contributed by atoms with van der Waals surface area (Å²) >= 11 is 1.67. The zero-order valence-corrected chi connectivity index (χ0v) is 14.2. The summed E-state index contributed by atoms with van der Waals surface area (Å²) in [5.74, 6) is 2.40. The van der Waals surface area contributed by atoms with Crippen molar-refractivity contribution in [3.05, 3.63) is 40.8 Å². The highest BCUT2D eigenvalue weighted by Gasteiger charge is 2.21. The summed E-state index contributed by atoms with van der Waals surface area (Å²) in [7, 11) is 0. The number of nitrogens with zero attached hydrogens (tertiary/aromatic N) is 2. The largest absolute Gasteiger partial charge is 0.354 e. The van der Waals surface area contributed by atoms with Gasteiger partial charge in [-0.05, 0) is 55.7 Å². The Morgan fingerprint density at radius 2 is 2.04 bits per heavy atom. The predicted octanol–water partition coefficient (Wildman–Crippen LogP) is 4.87. The smallest absolute Gasteiger partial charge is 0.225 e. The van der Waals surface area contributed by atoms with Crippen LogP contribution in [0.2, 0.25) is 0 Å². The number of aryl methyl sites for hydroxylation is 2. The lowest BCUT2D eigenvalue weighted by molar-refractivity contribution is 0.876. The van der Waals surface area contributed by atoms with Crippen LogP contribution in [0.3, 0.4) is 0 Å². The molecule has 0 saturated heterocycles. The predicted molar refractivity (Wildman–Crippen MR) is 97.8 cm³/mol. The van der Waals surface area contributed by atoms with Crippen molar-refractivity contribution in [2.45, 2.75) is 26.7 Å². The average Bonchev–Trinajstić information content (AvgIpc) is 3.24. The summed E-state index contributed by atoms with van der Waals surface area (Å²) in [4.78, 5) is 9.33. The molecule has 0 aliphatic heterocycles. The van der Waals surface area contributed by atoms with E-state index in [4.69, 9.17) is 4.98 Å². The SMILES string of the molecule is Cc1ccc(Nc2nc(NCC3CC3)nc3ccsc23)c(C)c1. The Bertz CT molecular complexity index is 851. The van der Waals surface area contributed by atoms with Crippen molar-refractivity contribution in [2.75, 3.05) is 17.2 Å². The maximum Gasteiger partial charge on any atom is 0.225 e.